The molecule has 0 bridgehead atoms. The Hall–Kier alpha value is -2.56. The molecule has 2 aromatic rings. The summed E-state index contributed by atoms with van der Waals surface area (Å²) in [5.74, 6) is -0.282. The van der Waals surface area contributed by atoms with Crippen LogP contribution in [0.2, 0.25) is 0 Å². The monoisotopic (exact) mass is 329 g/mol. The smallest absolute Gasteiger partial charge is 0.317 e. The first-order valence-electron chi connectivity index (χ1n) is 7.90. The average molecular weight is 329 g/mol. The Kier molecular flexibility index (Phi) is 5.79. The summed E-state index contributed by atoms with van der Waals surface area (Å²) in [6, 6.07) is 13.9. The second-order valence-corrected chi connectivity index (χ2v) is 6.14. The maximum atomic E-state index is 13.0. The number of nitrogens with one attached hydrogen (secondary N) is 1. The summed E-state index contributed by atoms with van der Waals surface area (Å²) < 4.78 is 13.0. The van der Waals surface area contributed by atoms with Crippen molar-refractivity contribution < 1.29 is 9.18 Å². The van der Waals surface area contributed by atoms with Crippen LogP contribution in [0.25, 0.3) is 0 Å². The SMILES string of the molecule is CC(NC(=O)N(C)Cc1ccc(N(C)C)cc1)c1ccc(F)cc1. The molecule has 0 spiro atoms. The summed E-state index contributed by atoms with van der Waals surface area (Å²) in [6.45, 7) is 2.40. The zero-order valence-corrected chi connectivity index (χ0v) is 14.6. The second kappa shape index (κ2) is 7.81. The second-order valence-electron chi connectivity index (χ2n) is 6.14. The Morgan fingerprint density at radius 2 is 1.62 bits per heavy atom. The van der Waals surface area contributed by atoms with E-state index >= 15 is 0 Å². The summed E-state index contributed by atoms with van der Waals surface area (Å²) in [5, 5.41) is 2.92. The van der Waals surface area contributed by atoms with Gasteiger partial charge in [-0.05, 0) is 42.3 Å². The summed E-state index contributed by atoms with van der Waals surface area (Å²) in [4.78, 5) is 16.0. The predicted octanol–water partition coefficient (Wildman–Crippen LogP) is 3.79. The van der Waals surface area contributed by atoms with Crippen LogP contribution in [0.1, 0.15) is 24.1 Å². The zero-order chi connectivity index (χ0) is 17.7. The zero-order valence-electron chi connectivity index (χ0n) is 14.6. The van der Waals surface area contributed by atoms with Gasteiger partial charge in [0.1, 0.15) is 5.82 Å². The largest absolute Gasteiger partial charge is 0.378 e. The lowest BCUT2D eigenvalue weighted by Gasteiger charge is -2.22. The molecule has 1 atom stereocenters. The molecule has 2 amide bonds. The molecule has 2 rings (SSSR count). The first kappa shape index (κ1) is 17.8. The van der Waals surface area contributed by atoms with Gasteiger partial charge in [0.25, 0.3) is 0 Å². The number of nitrogens with zero attached hydrogens (tertiary/aromatic N) is 2. The molecule has 0 aromatic heterocycles. The van der Waals surface area contributed by atoms with E-state index in [2.05, 4.69) is 5.32 Å². The van der Waals surface area contributed by atoms with Crippen molar-refractivity contribution in [2.75, 3.05) is 26.0 Å². The van der Waals surface area contributed by atoms with Gasteiger partial charge in [-0.2, -0.15) is 0 Å². The molecule has 0 heterocycles. The highest BCUT2D eigenvalue weighted by molar-refractivity contribution is 5.74. The van der Waals surface area contributed by atoms with Crippen LogP contribution < -0.4 is 10.2 Å². The highest BCUT2D eigenvalue weighted by Crippen LogP contribution is 2.15. The minimum absolute atomic E-state index is 0.163. The normalized spacial score (nSPS) is 11.7. The lowest BCUT2D eigenvalue weighted by Crippen LogP contribution is -2.38. The molecule has 0 radical (unpaired) electrons. The standard InChI is InChI=1S/C19H24FN3O/c1-14(16-7-9-17(20)10-8-16)21-19(24)23(4)13-15-5-11-18(12-6-15)22(2)3/h5-12,14H,13H2,1-4H3,(H,21,24). The molecule has 1 unspecified atom stereocenters. The highest BCUT2D eigenvalue weighted by Gasteiger charge is 2.13. The topological polar surface area (TPSA) is 35.6 Å². The Labute approximate surface area is 142 Å². The van der Waals surface area contributed by atoms with Crippen molar-refractivity contribution in [1.29, 1.82) is 0 Å². The van der Waals surface area contributed by atoms with Gasteiger partial charge in [-0.3, -0.25) is 0 Å². The van der Waals surface area contributed by atoms with E-state index in [-0.39, 0.29) is 17.9 Å². The predicted molar refractivity (Wildman–Crippen MR) is 95.6 cm³/mol. The van der Waals surface area contributed by atoms with Crippen LogP contribution >= 0.6 is 0 Å². The number of benzene rings is 2. The highest BCUT2D eigenvalue weighted by atomic mass is 19.1. The summed E-state index contributed by atoms with van der Waals surface area (Å²) in [6.07, 6.45) is 0. The molecule has 0 aliphatic carbocycles. The van der Waals surface area contributed by atoms with E-state index in [1.54, 1.807) is 24.1 Å². The van der Waals surface area contributed by atoms with Crippen LogP contribution in [0, 0.1) is 5.82 Å². The van der Waals surface area contributed by atoms with Gasteiger partial charge in [-0.15, -0.1) is 0 Å². The third-order valence-electron chi connectivity index (χ3n) is 3.93. The van der Waals surface area contributed by atoms with E-state index in [4.69, 9.17) is 0 Å². The van der Waals surface area contributed by atoms with Crippen LogP contribution in [0.3, 0.4) is 0 Å². The molecule has 128 valence electrons. The third-order valence-corrected chi connectivity index (χ3v) is 3.93. The lowest BCUT2D eigenvalue weighted by molar-refractivity contribution is 0.203. The van der Waals surface area contributed by atoms with Crippen molar-refractivity contribution in [2.45, 2.75) is 19.5 Å². The van der Waals surface area contributed by atoms with Gasteiger partial charge in [0.15, 0.2) is 0 Å². The number of carbonyl (C=O) groups is 1. The Bertz CT molecular complexity index is 668. The van der Waals surface area contributed by atoms with Gasteiger partial charge < -0.3 is 15.1 Å². The van der Waals surface area contributed by atoms with Crippen molar-refractivity contribution in [3.63, 3.8) is 0 Å². The Morgan fingerprint density at radius 1 is 1.04 bits per heavy atom. The molecule has 0 aliphatic heterocycles. The van der Waals surface area contributed by atoms with Gasteiger partial charge in [-0.1, -0.05) is 24.3 Å². The third kappa shape index (κ3) is 4.72. The van der Waals surface area contributed by atoms with Crippen molar-refractivity contribution in [2.24, 2.45) is 0 Å². The van der Waals surface area contributed by atoms with Crippen LogP contribution in [0.4, 0.5) is 14.9 Å². The summed E-state index contributed by atoms with van der Waals surface area (Å²) in [5.41, 5.74) is 3.05. The number of rotatable bonds is 5. The molecule has 0 aliphatic rings. The molecule has 0 saturated carbocycles. The number of amides is 2. The van der Waals surface area contributed by atoms with Crippen molar-refractivity contribution in [3.05, 3.63) is 65.5 Å². The fraction of sp³-hybridized carbons (Fsp3) is 0.316. The van der Waals surface area contributed by atoms with Gasteiger partial charge in [-0.25, -0.2) is 9.18 Å². The van der Waals surface area contributed by atoms with Crippen LogP contribution in [-0.4, -0.2) is 32.1 Å². The minimum atomic E-state index is -0.282. The van der Waals surface area contributed by atoms with E-state index in [1.165, 1.54) is 12.1 Å². The molecular weight excluding hydrogens is 305 g/mol. The van der Waals surface area contributed by atoms with Crippen LogP contribution in [0.5, 0.6) is 0 Å². The van der Waals surface area contributed by atoms with E-state index in [9.17, 15) is 9.18 Å². The quantitative estimate of drug-likeness (QED) is 0.906. The molecule has 5 heteroatoms. The van der Waals surface area contributed by atoms with E-state index in [1.807, 2.05) is 50.2 Å². The first-order chi connectivity index (χ1) is 11.4. The van der Waals surface area contributed by atoms with Crippen molar-refractivity contribution >= 4 is 11.7 Å². The number of urea groups is 1. The van der Waals surface area contributed by atoms with Gasteiger partial charge in [0.2, 0.25) is 0 Å². The molecule has 4 nitrogen and oxygen atoms in total. The fourth-order valence-corrected chi connectivity index (χ4v) is 2.38. The van der Waals surface area contributed by atoms with Crippen LogP contribution in [0.15, 0.2) is 48.5 Å². The minimum Gasteiger partial charge on any atom is -0.378 e. The van der Waals surface area contributed by atoms with Gasteiger partial charge in [0, 0.05) is 33.4 Å². The average Bonchev–Trinajstić information content (AvgIpc) is 2.55. The Morgan fingerprint density at radius 3 is 2.17 bits per heavy atom. The molecule has 2 aromatic carbocycles. The maximum absolute atomic E-state index is 13.0. The Balaban J connectivity index is 1.92. The van der Waals surface area contributed by atoms with Crippen LogP contribution in [-0.2, 0) is 6.54 Å². The molecule has 24 heavy (non-hydrogen) atoms. The maximum Gasteiger partial charge on any atom is 0.317 e. The molecule has 0 fully saturated rings. The summed E-state index contributed by atoms with van der Waals surface area (Å²) >= 11 is 0. The molecular formula is C19H24FN3O. The van der Waals surface area contributed by atoms with Crippen molar-refractivity contribution in [3.8, 4) is 0 Å². The van der Waals surface area contributed by atoms with E-state index < -0.39 is 0 Å². The van der Waals surface area contributed by atoms with Gasteiger partial charge in [0.05, 0.1) is 6.04 Å². The first-order valence-corrected chi connectivity index (χ1v) is 7.90. The molecule has 0 saturated heterocycles. The van der Waals surface area contributed by atoms with E-state index in [0.717, 1.165) is 16.8 Å². The number of anilines is 1. The molecule has 1 N–H and O–H groups in total. The van der Waals surface area contributed by atoms with Crippen molar-refractivity contribution in [1.82, 2.24) is 10.2 Å². The number of carbonyl (C=O) groups excluding carboxylic acids is 1. The van der Waals surface area contributed by atoms with E-state index in [0.29, 0.717) is 6.54 Å². The lowest BCUT2D eigenvalue weighted by atomic mass is 10.1. The summed E-state index contributed by atoms with van der Waals surface area (Å²) in [7, 11) is 5.74. The van der Waals surface area contributed by atoms with Gasteiger partial charge >= 0.3 is 6.03 Å². The number of hydrogen-bond donors (Lipinski definition) is 1. The number of halogens is 1. The fourth-order valence-electron chi connectivity index (χ4n) is 2.38. The number of hydrogen-bond acceptors (Lipinski definition) is 2.